The number of hydrogen-bond donors (Lipinski definition) is 1. The van der Waals surface area contributed by atoms with Gasteiger partial charge in [-0.3, -0.25) is 9.59 Å². The molecule has 0 bridgehead atoms. The lowest BCUT2D eigenvalue weighted by atomic mass is 10.2. The molecule has 1 N–H and O–H groups in total. The van der Waals surface area contributed by atoms with Gasteiger partial charge in [-0.1, -0.05) is 23.7 Å². The van der Waals surface area contributed by atoms with Gasteiger partial charge in [0.2, 0.25) is 11.8 Å². The maximum atomic E-state index is 13.1. The maximum absolute atomic E-state index is 13.1. The molecule has 148 valence electrons. The van der Waals surface area contributed by atoms with Crippen LogP contribution in [0.2, 0.25) is 5.02 Å². The van der Waals surface area contributed by atoms with Crippen LogP contribution < -0.4 is 10.1 Å². The number of amides is 2. The molecule has 1 heterocycles. The summed E-state index contributed by atoms with van der Waals surface area (Å²) in [5.41, 5.74) is 0.957. The minimum absolute atomic E-state index is 0.0328. The first kappa shape index (κ1) is 20.2. The van der Waals surface area contributed by atoms with Crippen LogP contribution in [-0.2, 0) is 19.6 Å². The van der Waals surface area contributed by atoms with Crippen LogP contribution in [-0.4, -0.2) is 37.7 Å². The van der Waals surface area contributed by atoms with Crippen molar-refractivity contribution < 1.29 is 22.7 Å². The van der Waals surface area contributed by atoms with Crippen molar-refractivity contribution in [3.63, 3.8) is 0 Å². The van der Waals surface area contributed by atoms with Crippen molar-refractivity contribution in [2.75, 3.05) is 12.4 Å². The van der Waals surface area contributed by atoms with Gasteiger partial charge < -0.3 is 10.1 Å². The van der Waals surface area contributed by atoms with Crippen LogP contribution in [0, 0.1) is 6.92 Å². The quantitative estimate of drug-likeness (QED) is 0.799. The smallest absolute Gasteiger partial charge is 0.267 e. The van der Waals surface area contributed by atoms with Crippen molar-refractivity contribution in [2.45, 2.75) is 30.7 Å². The SMILES string of the molecule is COc1ccc(S(=O)(=O)N2C(=O)CC[C@H]2C(=O)Nc2ccccc2Cl)cc1C. The first-order valence-corrected chi connectivity index (χ1v) is 10.3. The van der Waals surface area contributed by atoms with E-state index in [0.29, 0.717) is 26.3 Å². The lowest BCUT2D eigenvalue weighted by Crippen LogP contribution is -2.45. The molecule has 1 aliphatic heterocycles. The summed E-state index contributed by atoms with van der Waals surface area (Å²) < 4.78 is 32.0. The van der Waals surface area contributed by atoms with Gasteiger partial charge in [0.15, 0.2) is 0 Å². The number of anilines is 1. The Kier molecular flexibility index (Phi) is 5.62. The van der Waals surface area contributed by atoms with E-state index in [4.69, 9.17) is 16.3 Å². The molecular weight excluding hydrogens is 404 g/mol. The predicted molar refractivity (Wildman–Crippen MR) is 105 cm³/mol. The Morgan fingerprint density at radius 2 is 1.96 bits per heavy atom. The Balaban J connectivity index is 1.92. The Hall–Kier alpha value is -2.58. The van der Waals surface area contributed by atoms with E-state index in [0.717, 1.165) is 0 Å². The molecular formula is C19H19ClN2O5S. The predicted octanol–water partition coefficient (Wildman–Crippen LogP) is 2.98. The number of methoxy groups -OCH3 is 1. The number of sulfonamides is 1. The van der Waals surface area contributed by atoms with Gasteiger partial charge in [0.25, 0.3) is 10.0 Å². The zero-order chi connectivity index (χ0) is 20.5. The zero-order valence-corrected chi connectivity index (χ0v) is 16.9. The van der Waals surface area contributed by atoms with Crippen molar-refractivity contribution in [1.29, 1.82) is 0 Å². The van der Waals surface area contributed by atoms with Crippen molar-refractivity contribution in [2.24, 2.45) is 0 Å². The highest BCUT2D eigenvalue weighted by atomic mass is 35.5. The lowest BCUT2D eigenvalue weighted by molar-refractivity contribution is -0.128. The minimum Gasteiger partial charge on any atom is -0.496 e. The summed E-state index contributed by atoms with van der Waals surface area (Å²) in [6.07, 6.45) is 0.0679. The topological polar surface area (TPSA) is 92.8 Å². The third-order valence-corrected chi connectivity index (χ3v) is 6.67. The molecule has 2 amide bonds. The minimum atomic E-state index is -4.20. The number of carbonyl (C=O) groups is 2. The normalized spacial score (nSPS) is 16.9. The highest BCUT2D eigenvalue weighted by Gasteiger charge is 2.44. The molecule has 0 radical (unpaired) electrons. The highest BCUT2D eigenvalue weighted by Crippen LogP contribution is 2.31. The van der Waals surface area contributed by atoms with Crippen LogP contribution in [0.25, 0.3) is 0 Å². The van der Waals surface area contributed by atoms with E-state index in [1.165, 1.54) is 25.3 Å². The molecule has 1 fully saturated rings. The number of carbonyl (C=O) groups excluding carboxylic acids is 2. The molecule has 2 aromatic carbocycles. The fourth-order valence-corrected chi connectivity index (χ4v) is 4.98. The van der Waals surface area contributed by atoms with Crippen LogP contribution in [0.1, 0.15) is 18.4 Å². The molecule has 1 atom stereocenters. The molecule has 7 nitrogen and oxygen atoms in total. The number of nitrogens with one attached hydrogen (secondary N) is 1. The summed E-state index contributed by atoms with van der Waals surface area (Å²) in [5, 5.41) is 2.93. The van der Waals surface area contributed by atoms with E-state index in [-0.39, 0.29) is 17.7 Å². The van der Waals surface area contributed by atoms with Crippen LogP contribution in [0.5, 0.6) is 5.75 Å². The second-order valence-corrected chi connectivity index (χ2v) is 8.57. The Labute approximate surface area is 168 Å². The molecule has 2 aromatic rings. The number of para-hydroxylation sites is 1. The molecule has 9 heteroatoms. The average Bonchev–Trinajstić information content (AvgIpc) is 3.06. The second kappa shape index (κ2) is 7.81. The van der Waals surface area contributed by atoms with E-state index in [1.807, 2.05) is 0 Å². The summed E-state index contributed by atoms with van der Waals surface area (Å²) in [6, 6.07) is 9.75. The van der Waals surface area contributed by atoms with E-state index in [1.54, 1.807) is 31.2 Å². The Morgan fingerprint density at radius 3 is 2.61 bits per heavy atom. The number of halogens is 1. The number of nitrogens with zero attached hydrogens (tertiary/aromatic N) is 1. The first-order valence-electron chi connectivity index (χ1n) is 8.53. The average molecular weight is 423 g/mol. The van der Waals surface area contributed by atoms with Gasteiger partial charge in [-0.15, -0.1) is 0 Å². The van der Waals surface area contributed by atoms with Gasteiger partial charge in [0.05, 0.1) is 22.7 Å². The Bertz CT molecular complexity index is 1040. The number of hydrogen-bond acceptors (Lipinski definition) is 5. The van der Waals surface area contributed by atoms with Crippen LogP contribution in [0.4, 0.5) is 5.69 Å². The lowest BCUT2D eigenvalue weighted by Gasteiger charge is -2.24. The van der Waals surface area contributed by atoms with Crippen molar-refractivity contribution in [1.82, 2.24) is 4.31 Å². The molecule has 28 heavy (non-hydrogen) atoms. The number of rotatable bonds is 5. The summed E-state index contributed by atoms with van der Waals surface area (Å²) in [6.45, 7) is 1.70. The molecule has 0 spiro atoms. The molecule has 1 aliphatic rings. The summed E-state index contributed by atoms with van der Waals surface area (Å²) >= 11 is 6.05. The molecule has 0 unspecified atom stereocenters. The monoisotopic (exact) mass is 422 g/mol. The van der Waals surface area contributed by atoms with Crippen LogP contribution in [0.3, 0.4) is 0 Å². The Morgan fingerprint density at radius 1 is 1.25 bits per heavy atom. The van der Waals surface area contributed by atoms with E-state index in [9.17, 15) is 18.0 Å². The van der Waals surface area contributed by atoms with Gasteiger partial charge in [-0.05, 0) is 49.2 Å². The third-order valence-electron chi connectivity index (χ3n) is 4.52. The van der Waals surface area contributed by atoms with Gasteiger partial charge in [0, 0.05) is 6.42 Å². The molecule has 1 saturated heterocycles. The zero-order valence-electron chi connectivity index (χ0n) is 15.3. The fraction of sp³-hybridized carbons (Fsp3) is 0.263. The molecule has 0 saturated carbocycles. The third kappa shape index (κ3) is 3.70. The van der Waals surface area contributed by atoms with Crippen LogP contribution >= 0.6 is 11.6 Å². The van der Waals surface area contributed by atoms with Gasteiger partial charge in [-0.2, -0.15) is 0 Å². The fourth-order valence-electron chi connectivity index (χ4n) is 3.10. The second-order valence-electron chi connectivity index (χ2n) is 6.35. The summed E-state index contributed by atoms with van der Waals surface area (Å²) in [5.74, 6) is -0.694. The van der Waals surface area contributed by atoms with E-state index < -0.39 is 27.9 Å². The molecule has 3 rings (SSSR count). The number of ether oxygens (including phenoxy) is 1. The maximum Gasteiger partial charge on any atom is 0.267 e. The molecule has 0 aromatic heterocycles. The first-order chi connectivity index (χ1) is 13.3. The highest BCUT2D eigenvalue weighted by molar-refractivity contribution is 7.89. The van der Waals surface area contributed by atoms with Gasteiger partial charge >= 0.3 is 0 Å². The van der Waals surface area contributed by atoms with Crippen molar-refractivity contribution in [3.05, 3.63) is 53.1 Å². The summed E-state index contributed by atoms with van der Waals surface area (Å²) in [7, 11) is -2.72. The summed E-state index contributed by atoms with van der Waals surface area (Å²) in [4.78, 5) is 25.0. The standard InChI is InChI=1S/C19H19ClN2O5S/c1-12-11-13(7-9-17(12)27-2)28(25,26)22-16(8-10-18(22)23)19(24)21-15-6-4-3-5-14(15)20/h3-7,9,11,16H,8,10H2,1-2H3,(H,21,24)/t16-/m0/s1. The van der Waals surface area contributed by atoms with E-state index in [2.05, 4.69) is 5.32 Å². The largest absolute Gasteiger partial charge is 0.496 e. The van der Waals surface area contributed by atoms with E-state index >= 15 is 0 Å². The number of benzene rings is 2. The van der Waals surface area contributed by atoms with Crippen molar-refractivity contribution >= 4 is 39.1 Å². The van der Waals surface area contributed by atoms with Crippen LogP contribution in [0.15, 0.2) is 47.4 Å². The van der Waals surface area contributed by atoms with Gasteiger partial charge in [0.1, 0.15) is 11.8 Å². The van der Waals surface area contributed by atoms with Gasteiger partial charge in [-0.25, -0.2) is 12.7 Å². The van der Waals surface area contributed by atoms with Crippen molar-refractivity contribution in [3.8, 4) is 5.75 Å². The number of aryl methyl sites for hydroxylation is 1. The molecule has 0 aliphatic carbocycles.